The predicted molar refractivity (Wildman–Crippen MR) is 75.3 cm³/mol. The Hall–Kier alpha value is -2.64. The molecule has 8 heteroatoms. The Kier molecular flexibility index (Phi) is 4.53. The second kappa shape index (κ2) is 6.23. The molecule has 0 aliphatic carbocycles. The lowest BCUT2D eigenvalue weighted by Gasteiger charge is -2.14. The maximum absolute atomic E-state index is 13.2. The Morgan fingerprint density at radius 1 is 1.30 bits per heavy atom. The topological polar surface area (TPSA) is 62.2 Å². The molecule has 0 aliphatic rings. The molecule has 1 aromatic carbocycles. The number of aromatic nitrogens is 1. The third-order valence-corrected chi connectivity index (χ3v) is 3.15. The van der Waals surface area contributed by atoms with E-state index in [9.17, 15) is 22.4 Å². The smallest absolute Gasteiger partial charge is 0.417 e. The quantitative estimate of drug-likeness (QED) is 0.824. The highest BCUT2D eigenvalue weighted by molar-refractivity contribution is 5.94. The number of benzene rings is 1. The monoisotopic (exact) mass is 328 g/mol. The van der Waals surface area contributed by atoms with Gasteiger partial charge in [0.25, 0.3) is 0 Å². The number of halogens is 4. The van der Waals surface area contributed by atoms with Crippen molar-refractivity contribution in [3.63, 3.8) is 0 Å². The van der Waals surface area contributed by atoms with Gasteiger partial charge in [-0.2, -0.15) is 13.2 Å². The van der Waals surface area contributed by atoms with Crippen molar-refractivity contribution in [2.75, 3.05) is 5.32 Å². The van der Waals surface area contributed by atoms with E-state index in [0.717, 1.165) is 6.07 Å². The van der Waals surface area contributed by atoms with Gasteiger partial charge in [0, 0.05) is 11.9 Å². The molecule has 0 saturated heterocycles. The van der Waals surface area contributed by atoms with Crippen LogP contribution in [0.4, 0.5) is 29.1 Å². The van der Waals surface area contributed by atoms with Crippen molar-refractivity contribution in [2.24, 2.45) is 0 Å². The van der Waals surface area contributed by atoms with Crippen molar-refractivity contribution in [3.8, 4) is 0 Å². The van der Waals surface area contributed by atoms with Crippen LogP contribution in [0.25, 0.3) is 0 Å². The Morgan fingerprint density at radius 3 is 2.57 bits per heavy atom. The summed E-state index contributed by atoms with van der Waals surface area (Å²) in [4.78, 5) is 14.7. The SMILES string of the molecule is CCc1cc(F)ccc1Nc1ncc(C(F)(F)F)cc1C(=O)O. The van der Waals surface area contributed by atoms with Gasteiger partial charge in [-0.25, -0.2) is 14.2 Å². The van der Waals surface area contributed by atoms with E-state index >= 15 is 0 Å². The van der Waals surface area contributed by atoms with Crippen molar-refractivity contribution < 1.29 is 27.5 Å². The van der Waals surface area contributed by atoms with Gasteiger partial charge < -0.3 is 10.4 Å². The van der Waals surface area contributed by atoms with Crippen molar-refractivity contribution in [1.82, 2.24) is 4.98 Å². The summed E-state index contributed by atoms with van der Waals surface area (Å²) in [6.45, 7) is 1.76. The van der Waals surface area contributed by atoms with Gasteiger partial charge in [-0.1, -0.05) is 6.92 Å². The van der Waals surface area contributed by atoms with Crippen molar-refractivity contribution >= 4 is 17.5 Å². The zero-order valence-corrected chi connectivity index (χ0v) is 11.9. The lowest BCUT2D eigenvalue weighted by molar-refractivity contribution is -0.137. The molecule has 2 rings (SSSR count). The predicted octanol–water partition coefficient (Wildman–Crippen LogP) is 4.24. The molecular formula is C15H12F4N2O2. The van der Waals surface area contributed by atoms with Crippen molar-refractivity contribution in [3.05, 3.63) is 53.0 Å². The van der Waals surface area contributed by atoms with Crippen LogP contribution < -0.4 is 5.32 Å². The lowest BCUT2D eigenvalue weighted by atomic mass is 10.1. The van der Waals surface area contributed by atoms with Crippen LogP contribution in [0.15, 0.2) is 30.5 Å². The first-order valence-electron chi connectivity index (χ1n) is 6.58. The maximum atomic E-state index is 13.2. The second-order valence-corrected chi connectivity index (χ2v) is 4.70. The number of rotatable bonds is 4. The molecule has 1 aromatic heterocycles. The van der Waals surface area contributed by atoms with E-state index in [4.69, 9.17) is 5.11 Å². The van der Waals surface area contributed by atoms with Crippen LogP contribution >= 0.6 is 0 Å². The van der Waals surface area contributed by atoms with E-state index < -0.39 is 29.1 Å². The Morgan fingerprint density at radius 2 is 2.00 bits per heavy atom. The largest absolute Gasteiger partial charge is 0.478 e. The van der Waals surface area contributed by atoms with E-state index in [0.29, 0.717) is 29.9 Å². The van der Waals surface area contributed by atoms with Gasteiger partial charge in [0.2, 0.25) is 0 Å². The minimum absolute atomic E-state index is 0.244. The van der Waals surface area contributed by atoms with Crippen molar-refractivity contribution in [2.45, 2.75) is 19.5 Å². The molecule has 1 heterocycles. The molecule has 0 atom stereocenters. The minimum Gasteiger partial charge on any atom is -0.478 e. The zero-order valence-electron chi connectivity index (χ0n) is 11.9. The Bertz CT molecular complexity index is 745. The van der Waals surface area contributed by atoms with Crippen LogP contribution in [0.2, 0.25) is 0 Å². The van der Waals surface area contributed by atoms with E-state index in [1.165, 1.54) is 12.1 Å². The number of alkyl halides is 3. The molecule has 0 amide bonds. The first kappa shape index (κ1) is 16.7. The fourth-order valence-electron chi connectivity index (χ4n) is 1.99. The summed E-state index contributed by atoms with van der Waals surface area (Å²) in [5.74, 6) is -2.26. The summed E-state index contributed by atoms with van der Waals surface area (Å²) < 4.78 is 51.2. The molecule has 0 unspecified atom stereocenters. The average molecular weight is 328 g/mol. The van der Waals surface area contributed by atoms with Gasteiger partial charge in [-0.05, 0) is 36.2 Å². The Labute approximate surface area is 128 Å². The molecule has 23 heavy (non-hydrogen) atoms. The number of aromatic carboxylic acids is 1. The normalized spacial score (nSPS) is 11.3. The summed E-state index contributed by atoms with van der Waals surface area (Å²) in [5, 5.41) is 11.8. The summed E-state index contributed by atoms with van der Waals surface area (Å²) in [6, 6.07) is 4.30. The number of pyridine rings is 1. The van der Waals surface area contributed by atoms with Crippen LogP contribution in [0.1, 0.15) is 28.4 Å². The van der Waals surface area contributed by atoms with Crippen LogP contribution in [0.3, 0.4) is 0 Å². The number of carbonyl (C=O) groups is 1. The van der Waals surface area contributed by atoms with Gasteiger partial charge in [0.05, 0.1) is 5.56 Å². The van der Waals surface area contributed by atoms with Gasteiger partial charge in [-0.3, -0.25) is 0 Å². The molecule has 4 nitrogen and oxygen atoms in total. The number of nitrogens with zero attached hydrogens (tertiary/aromatic N) is 1. The lowest BCUT2D eigenvalue weighted by Crippen LogP contribution is -2.11. The number of hydrogen-bond donors (Lipinski definition) is 2. The van der Waals surface area contributed by atoms with E-state index in [2.05, 4.69) is 10.3 Å². The van der Waals surface area contributed by atoms with E-state index in [1.54, 1.807) is 6.92 Å². The number of carboxylic acid groups (broad SMARTS) is 1. The molecule has 122 valence electrons. The van der Waals surface area contributed by atoms with E-state index in [-0.39, 0.29) is 5.82 Å². The van der Waals surface area contributed by atoms with Crippen LogP contribution in [-0.2, 0) is 12.6 Å². The highest BCUT2D eigenvalue weighted by Gasteiger charge is 2.32. The number of aryl methyl sites for hydroxylation is 1. The molecule has 2 N–H and O–H groups in total. The Balaban J connectivity index is 2.46. The molecule has 2 aromatic rings. The summed E-state index contributed by atoms with van der Waals surface area (Å²) in [5.41, 5.74) is -0.854. The fraction of sp³-hybridized carbons (Fsp3) is 0.200. The van der Waals surface area contributed by atoms with Gasteiger partial charge in [0.1, 0.15) is 17.2 Å². The number of nitrogens with one attached hydrogen (secondary N) is 1. The fourth-order valence-corrected chi connectivity index (χ4v) is 1.99. The zero-order chi connectivity index (χ0) is 17.2. The number of anilines is 2. The summed E-state index contributed by atoms with van der Waals surface area (Å²) >= 11 is 0. The molecule has 0 bridgehead atoms. The van der Waals surface area contributed by atoms with Crippen LogP contribution in [-0.4, -0.2) is 16.1 Å². The highest BCUT2D eigenvalue weighted by Crippen LogP contribution is 2.32. The standard InChI is InChI=1S/C15H12F4N2O2/c1-2-8-5-10(16)3-4-12(8)21-13-11(14(22)23)6-9(7-20-13)15(17,18)19/h3-7H,2H2,1H3,(H,20,21)(H,22,23). The molecule has 0 fully saturated rings. The number of hydrogen-bond acceptors (Lipinski definition) is 3. The summed E-state index contributed by atoms with van der Waals surface area (Å²) in [7, 11) is 0. The third kappa shape index (κ3) is 3.77. The first-order valence-corrected chi connectivity index (χ1v) is 6.58. The van der Waals surface area contributed by atoms with E-state index in [1.807, 2.05) is 0 Å². The van der Waals surface area contributed by atoms with Crippen LogP contribution in [0, 0.1) is 5.82 Å². The molecule has 0 aliphatic heterocycles. The first-order chi connectivity index (χ1) is 10.7. The minimum atomic E-state index is -4.69. The molecular weight excluding hydrogens is 316 g/mol. The van der Waals surface area contributed by atoms with Crippen molar-refractivity contribution in [1.29, 1.82) is 0 Å². The third-order valence-electron chi connectivity index (χ3n) is 3.15. The maximum Gasteiger partial charge on any atom is 0.417 e. The van der Waals surface area contributed by atoms with Crippen LogP contribution in [0.5, 0.6) is 0 Å². The highest BCUT2D eigenvalue weighted by atomic mass is 19.4. The summed E-state index contributed by atoms with van der Waals surface area (Å²) in [6.07, 6.45) is -3.70. The van der Waals surface area contributed by atoms with Gasteiger partial charge in [-0.15, -0.1) is 0 Å². The average Bonchev–Trinajstić information content (AvgIpc) is 2.48. The molecule has 0 radical (unpaired) electrons. The van der Waals surface area contributed by atoms with Gasteiger partial charge >= 0.3 is 12.1 Å². The molecule has 0 saturated carbocycles. The second-order valence-electron chi connectivity index (χ2n) is 4.70. The van der Waals surface area contributed by atoms with Gasteiger partial charge in [0.15, 0.2) is 0 Å². The molecule has 0 spiro atoms. The number of carboxylic acids is 1.